The van der Waals surface area contributed by atoms with Gasteiger partial charge in [0.25, 0.3) is 5.56 Å². The number of H-pyrrole nitrogens is 1. The number of rotatable bonds is 4. The number of benzene rings is 2. The Morgan fingerprint density at radius 1 is 1.10 bits per heavy atom. The van der Waals surface area contributed by atoms with Crippen LogP contribution in [0.2, 0.25) is 0 Å². The van der Waals surface area contributed by atoms with E-state index < -0.39 is 0 Å². The van der Waals surface area contributed by atoms with E-state index in [0.717, 1.165) is 39.0 Å². The largest absolute Gasteiger partial charge is 0.395 e. The maximum absolute atomic E-state index is 12.8. The third-order valence-electron chi connectivity index (χ3n) is 5.72. The zero-order chi connectivity index (χ0) is 20.7. The number of aromatic nitrogens is 2. The SMILES string of the molecule is Cc1cc(C2NNc3cc4[nH]c(=O)c(C(CO)c5ccccc5)cc4cc32)ccn1. The molecule has 2 aromatic heterocycles. The predicted molar refractivity (Wildman–Crippen MR) is 118 cm³/mol. The molecule has 0 bridgehead atoms. The van der Waals surface area contributed by atoms with Crippen LogP contribution >= 0.6 is 0 Å². The van der Waals surface area contributed by atoms with E-state index in [1.54, 1.807) is 0 Å². The van der Waals surface area contributed by atoms with Crippen LogP contribution < -0.4 is 16.4 Å². The van der Waals surface area contributed by atoms with Crippen molar-refractivity contribution in [2.45, 2.75) is 18.9 Å². The average Bonchev–Trinajstić information content (AvgIpc) is 3.16. The summed E-state index contributed by atoms with van der Waals surface area (Å²) in [5.74, 6) is -0.373. The minimum atomic E-state index is -0.373. The Hall–Kier alpha value is -3.48. The summed E-state index contributed by atoms with van der Waals surface area (Å²) in [4.78, 5) is 20.1. The van der Waals surface area contributed by atoms with Crippen LogP contribution in [0, 0.1) is 6.92 Å². The van der Waals surface area contributed by atoms with Crippen LogP contribution in [0.3, 0.4) is 0 Å². The molecule has 1 aliphatic heterocycles. The smallest absolute Gasteiger partial charge is 0.252 e. The molecule has 150 valence electrons. The molecular formula is C24H22N4O2. The fourth-order valence-electron chi connectivity index (χ4n) is 4.20. The highest BCUT2D eigenvalue weighted by atomic mass is 16.3. The van der Waals surface area contributed by atoms with E-state index in [-0.39, 0.29) is 24.1 Å². The summed E-state index contributed by atoms with van der Waals surface area (Å²) in [6.07, 6.45) is 1.81. The third kappa shape index (κ3) is 3.16. The van der Waals surface area contributed by atoms with Gasteiger partial charge >= 0.3 is 0 Å². The molecule has 0 saturated heterocycles. The van der Waals surface area contributed by atoms with E-state index in [1.807, 2.05) is 61.7 Å². The van der Waals surface area contributed by atoms with Gasteiger partial charge in [-0.1, -0.05) is 30.3 Å². The van der Waals surface area contributed by atoms with Crippen molar-refractivity contribution in [2.75, 3.05) is 12.0 Å². The van der Waals surface area contributed by atoms with Gasteiger partial charge in [0.1, 0.15) is 0 Å². The number of hydrazine groups is 1. The molecule has 0 fully saturated rings. The second kappa shape index (κ2) is 7.40. The number of nitrogens with zero attached hydrogens (tertiary/aromatic N) is 1. The minimum Gasteiger partial charge on any atom is -0.395 e. The second-order valence-electron chi connectivity index (χ2n) is 7.66. The number of fused-ring (bicyclic) bond motifs is 2. The van der Waals surface area contributed by atoms with Gasteiger partial charge in [-0.3, -0.25) is 9.78 Å². The maximum Gasteiger partial charge on any atom is 0.252 e. The summed E-state index contributed by atoms with van der Waals surface area (Å²) in [7, 11) is 0. The van der Waals surface area contributed by atoms with Crippen molar-refractivity contribution < 1.29 is 5.11 Å². The standard InChI is InChI=1S/C24H22N4O2/c1-14-9-16(7-8-25-14)23-19-11-17-10-18(20(13-29)15-5-3-2-4-6-15)24(30)26-21(17)12-22(19)27-28-23/h2-12,20,23,27-29H,13H2,1H3,(H,26,30). The number of aryl methyl sites for hydroxylation is 1. The van der Waals surface area contributed by atoms with Gasteiger partial charge < -0.3 is 15.5 Å². The van der Waals surface area contributed by atoms with Crippen LogP contribution in [0.4, 0.5) is 5.69 Å². The van der Waals surface area contributed by atoms with Crippen molar-refractivity contribution >= 4 is 16.6 Å². The van der Waals surface area contributed by atoms with Gasteiger partial charge in [0.05, 0.1) is 23.9 Å². The fourth-order valence-corrected chi connectivity index (χ4v) is 4.20. The van der Waals surface area contributed by atoms with Gasteiger partial charge in [-0.25, -0.2) is 5.43 Å². The lowest BCUT2D eigenvalue weighted by Crippen LogP contribution is -2.19. The molecule has 6 nitrogen and oxygen atoms in total. The number of aliphatic hydroxyl groups excluding tert-OH is 1. The highest BCUT2D eigenvalue weighted by Crippen LogP contribution is 2.36. The zero-order valence-corrected chi connectivity index (χ0v) is 16.5. The molecule has 1 aliphatic rings. The van der Waals surface area contributed by atoms with Crippen LogP contribution in [0.1, 0.15) is 39.9 Å². The number of hydrogen-bond acceptors (Lipinski definition) is 5. The average molecular weight is 398 g/mol. The molecule has 0 saturated carbocycles. The van der Waals surface area contributed by atoms with Crippen LogP contribution in [0.5, 0.6) is 0 Å². The molecule has 3 heterocycles. The molecule has 5 rings (SSSR count). The van der Waals surface area contributed by atoms with Gasteiger partial charge in [-0.15, -0.1) is 0 Å². The Bertz CT molecular complexity index is 1280. The van der Waals surface area contributed by atoms with E-state index in [9.17, 15) is 9.90 Å². The van der Waals surface area contributed by atoms with Crippen molar-refractivity contribution in [3.8, 4) is 0 Å². The topological polar surface area (TPSA) is 90.0 Å². The van der Waals surface area contributed by atoms with Crippen molar-refractivity contribution in [1.82, 2.24) is 15.4 Å². The molecule has 30 heavy (non-hydrogen) atoms. The van der Waals surface area contributed by atoms with Gasteiger partial charge in [0.2, 0.25) is 0 Å². The molecule has 2 atom stereocenters. The molecule has 4 aromatic rings. The Morgan fingerprint density at radius 2 is 1.93 bits per heavy atom. The summed E-state index contributed by atoms with van der Waals surface area (Å²) in [5.41, 5.74) is 12.7. The first-order valence-corrected chi connectivity index (χ1v) is 9.95. The van der Waals surface area contributed by atoms with Crippen molar-refractivity contribution in [1.29, 1.82) is 0 Å². The zero-order valence-electron chi connectivity index (χ0n) is 16.5. The molecule has 4 N–H and O–H groups in total. The number of aliphatic hydroxyl groups is 1. The minimum absolute atomic E-state index is 0.00996. The van der Waals surface area contributed by atoms with Crippen LogP contribution in [-0.2, 0) is 0 Å². The lowest BCUT2D eigenvalue weighted by atomic mass is 9.91. The molecule has 0 spiro atoms. The highest BCUT2D eigenvalue weighted by Gasteiger charge is 2.25. The number of nitrogens with one attached hydrogen (secondary N) is 3. The van der Waals surface area contributed by atoms with Crippen LogP contribution in [0.15, 0.2) is 71.7 Å². The molecule has 2 aromatic carbocycles. The molecule has 6 heteroatoms. The first-order chi connectivity index (χ1) is 14.6. The summed E-state index contributed by atoms with van der Waals surface area (Å²) in [6.45, 7) is 1.84. The van der Waals surface area contributed by atoms with Crippen molar-refractivity contribution in [3.63, 3.8) is 0 Å². The van der Waals surface area contributed by atoms with E-state index in [4.69, 9.17) is 0 Å². The second-order valence-corrected chi connectivity index (χ2v) is 7.66. The van der Waals surface area contributed by atoms with Gasteiger partial charge in [0.15, 0.2) is 0 Å². The monoisotopic (exact) mass is 398 g/mol. The fraction of sp³-hybridized carbons (Fsp3) is 0.167. The predicted octanol–water partition coefficient (Wildman–Crippen LogP) is 3.38. The quantitative estimate of drug-likeness (QED) is 0.423. The van der Waals surface area contributed by atoms with E-state index in [2.05, 4.69) is 33.0 Å². The molecular weight excluding hydrogens is 376 g/mol. The number of pyridine rings is 2. The van der Waals surface area contributed by atoms with E-state index in [0.29, 0.717) is 5.56 Å². The number of anilines is 1. The summed E-state index contributed by atoms with van der Waals surface area (Å²) in [6, 6.07) is 19.6. The molecule has 0 aliphatic carbocycles. The summed E-state index contributed by atoms with van der Waals surface area (Å²) < 4.78 is 0. The lowest BCUT2D eigenvalue weighted by molar-refractivity contribution is 0.280. The number of aromatic amines is 1. The van der Waals surface area contributed by atoms with Gasteiger partial charge in [0, 0.05) is 28.9 Å². The third-order valence-corrected chi connectivity index (χ3v) is 5.72. The first kappa shape index (κ1) is 18.5. The van der Waals surface area contributed by atoms with Crippen molar-refractivity contribution in [3.05, 3.63) is 105 Å². The Labute approximate surface area is 173 Å². The molecule has 2 unspecified atom stereocenters. The van der Waals surface area contributed by atoms with Gasteiger partial charge in [-0.2, -0.15) is 0 Å². The summed E-state index contributed by atoms with van der Waals surface area (Å²) >= 11 is 0. The van der Waals surface area contributed by atoms with Crippen LogP contribution in [0.25, 0.3) is 10.9 Å². The lowest BCUT2D eigenvalue weighted by Gasteiger charge is -2.16. The van der Waals surface area contributed by atoms with Crippen molar-refractivity contribution in [2.24, 2.45) is 0 Å². The molecule has 0 radical (unpaired) electrons. The van der Waals surface area contributed by atoms with E-state index in [1.165, 1.54) is 0 Å². The normalized spacial score (nSPS) is 16.3. The molecule has 0 amide bonds. The Kier molecular flexibility index (Phi) is 4.58. The van der Waals surface area contributed by atoms with E-state index >= 15 is 0 Å². The van der Waals surface area contributed by atoms with Crippen LogP contribution in [-0.4, -0.2) is 21.7 Å². The Balaban J connectivity index is 1.63. The number of hydrogen-bond donors (Lipinski definition) is 4. The summed E-state index contributed by atoms with van der Waals surface area (Å²) in [5, 5.41) is 11.0. The van der Waals surface area contributed by atoms with Gasteiger partial charge in [-0.05, 0) is 53.8 Å². The highest BCUT2D eigenvalue weighted by molar-refractivity contribution is 5.86. The first-order valence-electron chi connectivity index (χ1n) is 9.95. The maximum atomic E-state index is 12.8. The Morgan fingerprint density at radius 3 is 2.70 bits per heavy atom.